The summed E-state index contributed by atoms with van der Waals surface area (Å²) in [5.74, 6) is 2.74. The van der Waals surface area contributed by atoms with Gasteiger partial charge in [0.2, 0.25) is 0 Å². The Kier molecular flexibility index (Phi) is 6.62. The number of ether oxygens (including phenoxy) is 2. The van der Waals surface area contributed by atoms with E-state index in [1.165, 1.54) is 7.11 Å². The molecule has 0 bridgehead atoms. The number of hydrogen-bond donors (Lipinski definition) is 0. The number of carbonyl (C=O) groups excluding carboxylic acids is 1. The maximum Gasteiger partial charge on any atom is 0.323 e. The first-order chi connectivity index (χ1) is 14.6. The number of aromatic nitrogens is 1. The highest BCUT2D eigenvalue weighted by Crippen LogP contribution is 2.26. The quantitative estimate of drug-likeness (QED) is 0.492. The van der Waals surface area contributed by atoms with Crippen molar-refractivity contribution in [2.75, 3.05) is 18.7 Å². The predicted octanol–water partition coefficient (Wildman–Crippen LogP) is 4.62. The molecule has 2 heterocycles. The van der Waals surface area contributed by atoms with Gasteiger partial charge in [-0.1, -0.05) is 41.0 Å². The van der Waals surface area contributed by atoms with Crippen molar-refractivity contribution >= 4 is 29.3 Å². The van der Waals surface area contributed by atoms with Crippen LogP contribution in [-0.4, -0.2) is 40.8 Å². The van der Waals surface area contributed by atoms with Crippen LogP contribution in [0.4, 0.5) is 0 Å². The Bertz CT molecular complexity index is 1010. The monoisotopic (exact) mass is 444 g/mol. The fourth-order valence-corrected chi connectivity index (χ4v) is 4.55. The van der Waals surface area contributed by atoms with Crippen LogP contribution in [-0.2, 0) is 22.7 Å². The molecule has 0 unspecified atom stereocenters. The standard InChI is InChI=1S/C22H21ClN2O4S/c1-27-22(26)21-13-30-14-25(21)11-15-3-2-4-18(9-15)28-12-19-10-20(24-29-19)16-5-7-17(23)8-6-16/h2-10,21H,11-14H2,1H3/t21-/m0/s1. The first-order valence-electron chi connectivity index (χ1n) is 9.45. The molecule has 1 aromatic heterocycles. The van der Waals surface area contributed by atoms with Crippen molar-refractivity contribution < 1.29 is 18.8 Å². The van der Waals surface area contributed by atoms with E-state index in [9.17, 15) is 4.79 Å². The van der Waals surface area contributed by atoms with Gasteiger partial charge in [-0.25, -0.2) is 0 Å². The van der Waals surface area contributed by atoms with E-state index in [0.717, 1.165) is 34.2 Å². The molecule has 156 valence electrons. The maximum absolute atomic E-state index is 11.9. The van der Waals surface area contributed by atoms with Crippen LogP contribution in [0.2, 0.25) is 5.02 Å². The van der Waals surface area contributed by atoms with Crippen molar-refractivity contribution in [2.24, 2.45) is 0 Å². The summed E-state index contributed by atoms with van der Waals surface area (Å²) in [6, 6.07) is 16.9. The Morgan fingerprint density at radius 2 is 2.10 bits per heavy atom. The molecular weight excluding hydrogens is 424 g/mol. The van der Waals surface area contributed by atoms with E-state index in [4.69, 9.17) is 25.6 Å². The lowest BCUT2D eigenvalue weighted by Gasteiger charge is -2.21. The summed E-state index contributed by atoms with van der Waals surface area (Å²) in [4.78, 5) is 14.1. The molecule has 2 aromatic carbocycles. The topological polar surface area (TPSA) is 64.8 Å². The molecule has 4 rings (SSSR count). The zero-order valence-electron chi connectivity index (χ0n) is 16.4. The summed E-state index contributed by atoms with van der Waals surface area (Å²) in [7, 11) is 1.43. The molecule has 6 nitrogen and oxygen atoms in total. The summed E-state index contributed by atoms with van der Waals surface area (Å²) < 4.78 is 16.2. The minimum Gasteiger partial charge on any atom is -0.486 e. The summed E-state index contributed by atoms with van der Waals surface area (Å²) in [5.41, 5.74) is 2.74. The number of rotatable bonds is 7. The number of hydrogen-bond acceptors (Lipinski definition) is 7. The van der Waals surface area contributed by atoms with Crippen LogP contribution in [0.1, 0.15) is 11.3 Å². The Morgan fingerprint density at radius 3 is 2.90 bits per heavy atom. The van der Waals surface area contributed by atoms with E-state index in [1.54, 1.807) is 11.8 Å². The summed E-state index contributed by atoms with van der Waals surface area (Å²) in [5, 5.41) is 4.77. The third-order valence-corrected chi connectivity index (χ3v) is 6.13. The smallest absolute Gasteiger partial charge is 0.323 e. The largest absolute Gasteiger partial charge is 0.486 e. The van der Waals surface area contributed by atoms with Crippen LogP contribution >= 0.6 is 23.4 Å². The lowest BCUT2D eigenvalue weighted by Crippen LogP contribution is -2.38. The number of halogens is 1. The minimum atomic E-state index is -0.204. The van der Waals surface area contributed by atoms with Crippen LogP contribution in [0, 0.1) is 0 Å². The normalized spacial score (nSPS) is 16.5. The zero-order valence-corrected chi connectivity index (χ0v) is 18.0. The number of thioether (sulfide) groups is 1. The Labute approximate surface area is 184 Å². The van der Waals surface area contributed by atoms with E-state index in [1.807, 2.05) is 54.6 Å². The fraction of sp³-hybridized carbons (Fsp3) is 0.273. The second kappa shape index (κ2) is 9.55. The van der Waals surface area contributed by atoms with Gasteiger partial charge in [-0.2, -0.15) is 0 Å². The molecule has 0 aliphatic carbocycles. The van der Waals surface area contributed by atoms with Crippen LogP contribution in [0.3, 0.4) is 0 Å². The van der Waals surface area contributed by atoms with Crippen molar-refractivity contribution in [1.29, 1.82) is 0 Å². The Balaban J connectivity index is 1.37. The SMILES string of the molecule is COC(=O)[C@@H]1CSCN1Cc1cccc(OCc2cc(-c3ccc(Cl)cc3)no2)c1. The summed E-state index contributed by atoms with van der Waals surface area (Å²) in [6.07, 6.45) is 0. The van der Waals surface area contributed by atoms with Gasteiger partial charge in [-0.05, 0) is 29.8 Å². The van der Waals surface area contributed by atoms with Gasteiger partial charge in [-0.15, -0.1) is 11.8 Å². The van der Waals surface area contributed by atoms with E-state index in [0.29, 0.717) is 17.3 Å². The van der Waals surface area contributed by atoms with Crippen molar-refractivity contribution in [3.8, 4) is 17.0 Å². The van der Waals surface area contributed by atoms with Crippen molar-refractivity contribution in [1.82, 2.24) is 10.1 Å². The van der Waals surface area contributed by atoms with Crippen molar-refractivity contribution in [2.45, 2.75) is 19.2 Å². The number of carbonyl (C=O) groups is 1. The minimum absolute atomic E-state index is 0.186. The van der Waals surface area contributed by atoms with Crippen LogP contribution in [0.5, 0.6) is 5.75 Å². The third kappa shape index (κ3) is 4.98. The second-order valence-electron chi connectivity index (χ2n) is 6.91. The highest BCUT2D eigenvalue weighted by atomic mass is 35.5. The first kappa shape index (κ1) is 20.8. The average Bonchev–Trinajstić information content (AvgIpc) is 3.42. The van der Waals surface area contributed by atoms with Gasteiger partial charge in [0.05, 0.1) is 7.11 Å². The molecule has 0 radical (unpaired) electrons. The maximum atomic E-state index is 11.9. The molecule has 3 aromatic rings. The summed E-state index contributed by atoms with van der Waals surface area (Å²) in [6.45, 7) is 0.932. The van der Waals surface area contributed by atoms with E-state index < -0.39 is 0 Å². The van der Waals surface area contributed by atoms with Gasteiger partial charge in [0.15, 0.2) is 5.76 Å². The molecule has 1 aliphatic rings. The van der Waals surface area contributed by atoms with Gasteiger partial charge in [0.1, 0.15) is 24.1 Å². The molecule has 0 spiro atoms. The average molecular weight is 445 g/mol. The predicted molar refractivity (Wildman–Crippen MR) is 116 cm³/mol. The second-order valence-corrected chi connectivity index (χ2v) is 8.34. The fourth-order valence-electron chi connectivity index (χ4n) is 3.25. The van der Waals surface area contributed by atoms with Crippen LogP contribution < -0.4 is 4.74 Å². The van der Waals surface area contributed by atoms with E-state index >= 15 is 0 Å². The lowest BCUT2D eigenvalue weighted by molar-refractivity contribution is -0.145. The van der Waals surface area contributed by atoms with Gasteiger partial charge in [-0.3, -0.25) is 9.69 Å². The molecular formula is C22H21ClN2O4S. The molecule has 1 saturated heterocycles. The molecule has 1 atom stereocenters. The van der Waals surface area contributed by atoms with Crippen molar-refractivity contribution in [3.05, 3.63) is 70.9 Å². The Hall–Kier alpha value is -2.48. The third-order valence-electron chi connectivity index (χ3n) is 4.81. The van der Waals surface area contributed by atoms with Crippen LogP contribution in [0.25, 0.3) is 11.3 Å². The van der Waals surface area contributed by atoms with Crippen LogP contribution in [0.15, 0.2) is 59.1 Å². The molecule has 0 saturated carbocycles. The lowest BCUT2D eigenvalue weighted by atomic mass is 10.1. The number of methoxy groups -OCH3 is 1. The van der Waals surface area contributed by atoms with Gasteiger partial charge < -0.3 is 14.0 Å². The Morgan fingerprint density at radius 1 is 1.27 bits per heavy atom. The molecule has 8 heteroatoms. The van der Waals surface area contributed by atoms with Gasteiger partial charge >= 0.3 is 5.97 Å². The van der Waals surface area contributed by atoms with E-state index in [2.05, 4.69) is 10.1 Å². The molecule has 0 N–H and O–H groups in total. The zero-order chi connectivity index (χ0) is 20.9. The molecule has 1 fully saturated rings. The highest BCUT2D eigenvalue weighted by Gasteiger charge is 2.31. The number of benzene rings is 2. The number of nitrogens with zero attached hydrogens (tertiary/aromatic N) is 2. The highest BCUT2D eigenvalue weighted by molar-refractivity contribution is 7.99. The van der Waals surface area contributed by atoms with E-state index in [-0.39, 0.29) is 18.6 Å². The molecule has 0 amide bonds. The first-order valence-corrected chi connectivity index (χ1v) is 11.0. The van der Waals surface area contributed by atoms with Gasteiger partial charge in [0.25, 0.3) is 0 Å². The number of esters is 1. The summed E-state index contributed by atoms with van der Waals surface area (Å²) >= 11 is 7.66. The van der Waals surface area contributed by atoms with Gasteiger partial charge in [0, 0.05) is 34.8 Å². The van der Waals surface area contributed by atoms with Crippen molar-refractivity contribution in [3.63, 3.8) is 0 Å². The molecule has 30 heavy (non-hydrogen) atoms. The molecule has 1 aliphatic heterocycles.